The lowest BCUT2D eigenvalue weighted by Gasteiger charge is -2.17. The summed E-state index contributed by atoms with van der Waals surface area (Å²) in [5.41, 5.74) is 1.28. The van der Waals surface area contributed by atoms with Crippen LogP contribution in [-0.4, -0.2) is 23.7 Å². The minimum Gasteiger partial charge on any atom is -0.374 e. The van der Waals surface area contributed by atoms with Crippen LogP contribution in [0.5, 0.6) is 0 Å². The molecule has 0 amide bonds. The van der Waals surface area contributed by atoms with Crippen LogP contribution in [0.25, 0.3) is 0 Å². The predicted molar refractivity (Wildman–Crippen MR) is 64.2 cm³/mol. The van der Waals surface area contributed by atoms with Gasteiger partial charge in [-0.05, 0) is 44.4 Å². The second-order valence-corrected chi connectivity index (χ2v) is 4.56. The van der Waals surface area contributed by atoms with Crippen molar-refractivity contribution >= 4 is 0 Å². The summed E-state index contributed by atoms with van der Waals surface area (Å²) in [6.45, 7) is 5.26. The van der Waals surface area contributed by atoms with Crippen molar-refractivity contribution in [1.29, 1.82) is 0 Å². The SMILES string of the molecule is CC1CCC(CNC(C)c2ccncc2)O1. The normalized spacial score (nSPS) is 26.9. The molecule has 0 aliphatic carbocycles. The highest BCUT2D eigenvalue weighted by Crippen LogP contribution is 2.19. The zero-order valence-electron chi connectivity index (χ0n) is 10.0. The molecule has 1 aliphatic rings. The van der Waals surface area contributed by atoms with E-state index in [1.54, 1.807) is 0 Å². The molecule has 1 N–H and O–H groups in total. The van der Waals surface area contributed by atoms with E-state index in [9.17, 15) is 0 Å². The summed E-state index contributed by atoms with van der Waals surface area (Å²) in [7, 11) is 0. The lowest BCUT2D eigenvalue weighted by Crippen LogP contribution is -2.29. The average Bonchev–Trinajstić information content (AvgIpc) is 2.73. The fraction of sp³-hybridized carbons (Fsp3) is 0.615. The molecule has 3 heteroatoms. The van der Waals surface area contributed by atoms with E-state index < -0.39 is 0 Å². The largest absolute Gasteiger partial charge is 0.374 e. The van der Waals surface area contributed by atoms with Gasteiger partial charge in [0.1, 0.15) is 0 Å². The Balaban J connectivity index is 1.78. The first-order chi connectivity index (χ1) is 7.75. The maximum absolute atomic E-state index is 5.77. The molecule has 0 radical (unpaired) electrons. The van der Waals surface area contributed by atoms with E-state index in [-0.39, 0.29) is 0 Å². The highest BCUT2D eigenvalue weighted by molar-refractivity contribution is 5.13. The molecule has 1 aliphatic heterocycles. The zero-order chi connectivity index (χ0) is 11.4. The number of hydrogen-bond acceptors (Lipinski definition) is 3. The lowest BCUT2D eigenvalue weighted by atomic mass is 10.1. The molecular weight excluding hydrogens is 200 g/mol. The summed E-state index contributed by atoms with van der Waals surface area (Å²) in [6, 6.07) is 4.47. The van der Waals surface area contributed by atoms with Gasteiger partial charge in [0, 0.05) is 25.0 Å². The monoisotopic (exact) mass is 220 g/mol. The van der Waals surface area contributed by atoms with E-state index in [0.29, 0.717) is 18.2 Å². The Morgan fingerprint density at radius 3 is 2.81 bits per heavy atom. The van der Waals surface area contributed by atoms with E-state index >= 15 is 0 Å². The summed E-state index contributed by atoms with van der Waals surface area (Å²) in [6.07, 6.45) is 6.86. The highest BCUT2D eigenvalue weighted by Gasteiger charge is 2.21. The minimum absolute atomic E-state index is 0.363. The molecule has 1 aromatic rings. The Hall–Kier alpha value is -0.930. The highest BCUT2D eigenvalue weighted by atomic mass is 16.5. The van der Waals surface area contributed by atoms with E-state index in [1.165, 1.54) is 18.4 Å². The van der Waals surface area contributed by atoms with E-state index in [2.05, 4.69) is 36.3 Å². The van der Waals surface area contributed by atoms with Crippen LogP contribution in [0.15, 0.2) is 24.5 Å². The molecule has 3 unspecified atom stereocenters. The molecule has 1 saturated heterocycles. The van der Waals surface area contributed by atoms with E-state index in [1.807, 2.05) is 12.4 Å². The fourth-order valence-electron chi connectivity index (χ4n) is 2.11. The summed E-state index contributed by atoms with van der Waals surface area (Å²) in [5, 5.41) is 3.51. The van der Waals surface area contributed by atoms with Crippen molar-refractivity contribution in [3.8, 4) is 0 Å². The lowest BCUT2D eigenvalue weighted by molar-refractivity contribution is 0.0546. The van der Waals surface area contributed by atoms with Gasteiger partial charge in [0.05, 0.1) is 12.2 Å². The minimum atomic E-state index is 0.363. The second-order valence-electron chi connectivity index (χ2n) is 4.56. The topological polar surface area (TPSA) is 34.2 Å². The van der Waals surface area contributed by atoms with Crippen molar-refractivity contribution in [2.75, 3.05) is 6.54 Å². The van der Waals surface area contributed by atoms with Gasteiger partial charge in [-0.25, -0.2) is 0 Å². The van der Waals surface area contributed by atoms with Crippen LogP contribution in [0.2, 0.25) is 0 Å². The number of aromatic nitrogens is 1. The van der Waals surface area contributed by atoms with Crippen molar-refractivity contribution in [3.05, 3.63) is 30.1 Å². The van der Waals surface area contributed by atoms with Crippen molar-refractivity contribution in [2.24, 2.45) is 0 Å². The van der Waals surface area contributed by atoms with Crippen molar-refractivity contribution < 1.29 is 4.74 Å². The van der Waals surface area contributed by atoms with Crippen LogP contribution in [0.4, 0.5) is 0 Å². The molecule has 1 aromatic heterocycles. The van der Waals surface area contributed by atoms with Gasteiger partial charge in [0.25, 0.3) is 0 Å². The van der Waals surface area contributed by atoms with Gasteiger partial charge in [-0.2, -0.15) is 0 Å². The standard InChI is InChI=1S/C13H20N2O/c1-10-3-4-13(16-10)9-15-11(2)12-5-7-14-8-6-12/h5-8,10-11,13,15H,3-4,9H2,1-2H3. The first-order valence-electron chi connectivity index (χ1n) is 6.04. The van der Waals surface area contributed by atoms with Crippen molar-refractivity contribution in [1.82, 2.24) is 10.3 Å². The van der Waals surface area contributed by atoms with Crippen LogP contribution in [-0.2, 0) is 4.74 Å². The van der Waals surface area contributed by atoms with Gasteiger partial charge in [0.2, 0.25) is 0 Å². The predicted octanol–water partition coefficient (Wildman–Crippen LogP) is 2.30. The molecule has 2 heterocycles. The summed E-state index contributed by atoms with van der Waals surface area (Å²) >= 11 is 0. The van der Waals surface area contributed by atoms with Crippen LogP contribution in [0.1, 0.15) is 38.3 Å². The van der Waals surface area contributed by atoms with E-state index in [0.717, 1.165) is 6.54 Å². The van der Waals surface area contributed by atoms with Gasteiger partial charge in [-0.1, -0.05) is 0 Å². The molecule has 0 bridgehead atoms. The molecule has 0 saturated carbocycles. The number of ether oxygens (including phenoxy) is 1. The molecule has 0 aromatic carbocycles. The number of pyridine rings is 1. The molecule has 3 nitrogen and oxygen atoms in total. The van der Waals surface area contributed by atoms with Crippen LogP contribution >= 0.6 is 0 Å². The molecule has 0 spiro atoms. The van der Waals surface area contributed by atoms with Crippen LogP contribution < -0.4 is 5.32 Å². The Kier molecular flexibility index (Phi) is 3.91. The Labute approximate surface area is 97.2 Å². The van der Waals surface area contributed by atoms with Crippen molar-refractivity contribution in [2.45, 2.75) is 44.9 Å². The zero-order valence-corrected chi connectivity index (χ0v) is 10.0. The molecule has 88 valence electrons. The third-order valence-corrected chi connectivity index (χ3v) is 3.18. The molecule has 2 rings (SSSR count). The van der Waals surface area contributed by atoms with Crippen molar-refractivity contribution in [3.63, 3.8) is 0 Å². The Morgan fingerprint density at radius 2 is 2.19 bits per heavy atom. The number of hydrogen-bond donors (Lipinski definition) is 1. The summed E-state index contributed by atoms with van der Waals surface area (Å²) in [5.74, 6) is 0. The fourth-order valence-corrected chi connectivity index (χ4v) is 2.11. The smallest absolute Gasteiger partial charge is 0.0704 e. The summed E-state index contributed by atoms with van der Waals surface area (Å²) in [4.78, 5) is 4.02. The molecular formula is C13H20N2O. The third-order valence-electron chi connectivity index (χ3n) is 3.18. The average molecular weight is 220 g/mol. The first kappa shape index (κ1) is 11.6. The second kappa shape index (κ2) is 5.41. The number of nitrogens with one attached hydrogen (secondary N) is 1. The number of rotatable bonds is 4. The molecule has 16 heavy (non-hydrogen) atoms. The van der Waals surface area contributed by atoms with Crippen LogP contribution in [0, 0.1) is 0 Å². The molecule has 3 atom stereocenters. The molecule has 1 fully saturated rings. The Bertz CT molecular complexity index is 315. The van der Waals surface area contributed by atoms with Crippen LogP contribution in [0.3, 0.4) is 0 Å². The maximum atomic E-state index is 5.77. The van der Waals surface area contributed by atoms with Gasteiger partial charge >= 0.3 is 0 Å². The quantitative estimate of drug-likeness (QED) is 0.845. The summed E-state index contributed by atoms with van der Waals surface area (Å²) < 4.78 is 5.77. The maximum Gasteiger partial charge on any atom is 0.0704 e. The van der Waals surface area contributed by atoms with Gasteiger partial charge in [-0.15, -0.1) is 0 Å². The Morgan fingerprint density at radius 1 is 1.44 bits per heavy atom. The first-order valence-corrected chi connectivity index (χ1v) is 6.04. The van der Waals surface area contributed by atoms with Gasteiger partial charge < -0.3 is 10.1 Å². The van der Waals surface area contributed by atoms with E-state index in [4.69, 9.17) is 4.74 Å². The van der Waals surface area contributed by atoms with Gasteiger partial charge in [0.15, 0.2) is 0 Å². The third kappa shape index (κ3) is 3.03. The number of nitrogens with zero attached hydrogens (tertiary/aromatic N) is 1. The van der Waals surface area contributed by atoms with Gasteiger partial charge in [-0.3, -0.25) is 4.98 Å².